The molecule has 0 amide bonds. The molecule has 1 aromatic heterocycles. The van der Waals surface area contributed by atoms with Crippen molar-refractivity contribution in [3.05, 3.63) is 28.3 Å². The van der Waals surface area contributed by atoms with E-state index in [4.69, 9.17) is 13.9 Å². The third kappa shape index (κ3) is 9.65. The number of rotatable bonds is 13. The number of ether oxygens (including phenoxy) is 2. The molecule has 0 aliphatic carbocycles. The van der Waals surface area contributed by atoms with Crippen molar-refractivity contribution in [2.45, 2.75) is 81.3 Å². The van der Waals surface area contributed by atoms with Gasteiger partial charge in [0, 0.05) is 40.9 Å². The standard InChI is InChI=1S/C22H30O6S4/c23-19-13-16(14-27-21(24)7-3-1-5-17-9-11-29-31-17)26-15-20(19)28-22(25)8-4-2-6-18-10-12-30-32-18/h13,15,17-18H,1-12,14H2. The van der Waals surface area contributed by atoms with Gasteiger partial charge in [-0.2, -0.15) is 0 Å². The molecule has 2 saturated heterocycles. The zero-order chi connectivity index (χ0) is 22.6. The summed E-state index contributed by atoms with van der Waals surface area (Å²) < 4.78 is 15.6. The van der Waals surface area contributed by atoms with Gasteiger partial charge in [0.1, 0.15) is 18.6 Å². The van der Waals surface area contributed by atoms with Crippen molar-refractivity contribution in [1.82, 2.24) is 0 Å². The van der Waals surface area contributed by atoms with Crippen LogP contribution in [0, 0.1) is 0 Å². The minimum absolute atomic E-state index is 0.102. The van der Waals surface area contributed by atoms with Crippen LogP contribution < -0.4 is 10.2 Å². The number of carbonyl (C=O) groups excluding carboxylic acids is 2. The van der Waals surface area contributed by atoms with E-state index in [9.17, 15) is 14.4 Å². The topological polar surface area (TPSA) is 82.8 Å². The molecule has 0 aromatic carbocycles. The van der Waals surface area contributed by atoms with Gasteiger partial charge in [0.05, 0.1) is 0 Å². The number of hydrogen-bond donors (Lipinski definition) is 0. The minimum Gasteiger partial charge on any atom is -0.462 e. The summed E-state index contributed by atoms with van der Waals surface area (Å²) in [7, 11) is 7.73. The Bertz CT molecular complexity index is 787. The summed E-state index contributed by atoms with van der Waals surface area (Å²) in [6, 6.07) is 1.21. The normalized spacial score (nSPS) is 20.4. The summed E-state index contributed by atoms with van der Waals surface area (Å²) in [5.41, 5.74) is -0.457. The first-order chi connectivity index (χ1) is 15.6. The fraction of sp³-hybridized carbons (Fsp3) is 0.682. The average Bonchev–Trinajstić information content (AvgIpc) is 3.49. The number of esters is 2. The van der Waals surface area contributed by atoms with Gasteiger partial charge in [-0.1, -0.05) is 56.0 Å². The third-order valence-electron chi connectivity index (χ3n) is 5.22. The molecule has 0 radical (unpaired) electrons. The SMILES string of the molecule is O=C(CCCCC1CCSS1)OCc1cc(=O)c(OC(=O)CCCCC2CCSS2)co1. The van der Waals surface area contributed by atoms with Crippen LogP contribution in [0.15, 0.2) is 21.5 Å². The summed E-state index contributed by atoms with van der Waals surface area (Å²) in [6.45, 7) is -0.102. The van der Waals surface area contributed by atoms with E-state index < -0.39 is 11.4 Å². The van der Waals surface area contributed by atoms with E-state index in [-0.39, 0.29) is 30.5 Å². The maximum atomic E-state index is 12.2. The second-order valence-corrected chi connectivity index (χ2v) is 13.4. The smallest absolute Gasteiger partial charge is 0.311 e. The van der Waals surface area contributed by atoms with Crippen molar-refractivity contribution in [3.8, 4) is 5.75 Å². The fourth-order valence-corrected chi connectivity index (χ4v) is 9.45. The molecule has 6 nitrogen and oxygen atoms in total. The monoisotopic (exact) mass is 518 g/mol. The highest BCUT2D eigenvalue weighted by Gasteiger charge is 2.17. The zero-order valence-electron chi connectivity index (χ0n) is 18.1. The Labute approximate surface area is 204 Å². The van der Waals surface area contributed by atoms with E-state index in [0.29, 0.717) is 16.9 Å². The summed E-state index contributed by atoms with van der Waals surface area (Å²) in [4.78, 5) is 36.1. The molecule has 178 valence electrons. The highest BCUT2D eigenvalue weighted by atomic mass is 33.1. The van der Waals surface area contributed by atoms with Crippen LogP contribution in [0.25, 0.3) is 0 Å². The Morgan fingerprint density at radius 3 is 2.12 bits per heavy atom. The van der Waals surface area contributed by atoms with Crippen LogP contribution >= 0.6 is 43.2 Å². The van der Waals surface area contributed by atoms with Crippen molar-refractivity contribution >= 4 is 55.1 Å². The van der Waals surface area contributed by atoms with Crippen LogP contribution in [0.2, 0.25) is 0 Å². The number of unbranched alkanes of at least 4 members (excludes halogenated alkanes) is 2. The molecule has 2 aliphatic heterocycles. The van der Waals surface area contributed by atoms with Gasteiger partial charge in [-0.3, -0.25) is 14.4 Å². The lowest BCUT2D eigenvalue weighted by molar-refractivity contribution is -0.145. The molecule has 2 atom stereocenters. The summed E-state index contributed by atoms with van der Waals surface area (Å²) >= 11 is 0. The molecule has 0 saturated carbocycles. The van der Waals surface area contributed by atoms with Gasteiger partial charge in [0.2, 0.25) is 11.2 Å². The Balaban J connectivity index is 1.29. The fourth-order valence-electron chi connectivity index (χ4n) is 3.40. The Hall–Kier alpha value is -0.710. The van der Waals surface area contributed by atoms with Crippen LogP contribution in [0.4, 0.5) is 0 Å². The van der Waals surface area contributed by atoms with Gasteiger partial charge in [0.15, 0.2) is 0 Å². The van der Waals surface area contributed by atoms with Crippen LogP contribution in [-0.4, -0.2) is 33.9 Å². The van der Waals surface area contributed by atoms with Crippen molar-refractivity contribution in [2.75, 3.05) is 11.5 Å². The van der Waals surface area contributed by atoms with E-state index in [1.165, 1.54) is 30.4 Å². The van der Waals surface area contributed by atoms with E-state index in [1.54, 1.807) is 0 Å². The molecule has 2 unspecified atom stereocenters. The molecule has 1 aromatic rings. The van der Waals surface area contributed by atoms with Crippen molar-refractivity contribution < 1.29 is 23.5 Å². The first-order valence-corrected chi connectivity index (χ1v) is 15.9. The van der Waals surface area contributed by atoms with Crippen LogP contribution in [0.5, 0.6) is 5.75 Å². The summed E-state index contributed by atoms with van der Waals surface area (Å²) in [6.07, 6.45) is 10.0. The molecular weight excluding hydrogens is 489 g/mol. The van der Waals surface area contributed by atoms with Crippen molar-refractivity contribution in [2.24, 2.45) is 0 Å². The lowest BCUT2D eigenvalue weighted by Gasteiger charge is -2.08. The summed E-state index contributed by atoms with van der Waals surface area (Å²) in [5.74, 6) is 1.80. The first kappa shape index (κ1) is 25.9. The molecule has 32 heavy (non-hydrogen) atoms. The Morgan fingerprint density at radius 2 is 1.56 bits per heavy atom. The number of hydrogen-bond acceptors (Lipinski definition) is 10. The number of carbonyl (C=O) groups is 2. The quantitative estimate of drug-likeness (QED) is 0.176. The minimum atomic E-state index is -0.457. The Kier molecular flexibility index (Phi) is 11.8. The molecule has 0 N–H and O–H groups in total. The second-order valence-electron chi connectivity index (χ2n) is 7.86. The molecule has 0 bridgehead atoms. The van der Waals surface area contributed by atoms with E-state index >= 15 is 0 Å². The predicted octanol–water partition coefficient (Wildman–Crippen LogP) is 6.02. The second kappa shape index (κ2) is 14.5. The predicted molar refractivity (Wildman–Crippen MR) is 134 cm³/mol. The maximum Gasteiger partial charge on any atom is 0.311 e. The molecule has 3 heterocycles. The third-order valence-corrected chi connectivity index (χ3v) is 11.2. The molecule has 3 rings (SSSR count). The van der Waals surface area contributed by atoms with Crippen LogP contribution in [0.3, 0.4) is 0 Å². The molecule has 2 fully saturated rings. The van der Waals surface area contributed by atoms with Gasteiger partial charge in [-0.15, -0.1) is 0 Å². The highest BCUT2D eigenvalue weighted by Crippen LogP contribution is 2.40. The molecule has 0 spiro atoms. The first-order valence-electron chi connectivity index (χ1n) is 11.1. The van der Waals surface area contributed by atoms with E-state index in [0.717, 1.165) is 44.8 Å². The average molecular weight is 519 g/mol. The van der Waals surface area contributed by atoms with E-state index in [1.807, 2.05) is 43.2 Å². The van der Waals surface area contributed by atoms with Gasteiger partial charge in [-0.25, -0.2) is 0 Å². The van der Waals surface area contributed by atoms with Crippen LogP contribution in [-0.2, 0) is 20.9 Å². The largest absolute Gasteiger partial charge is 0.462 e. The van der Waals surface area contributed by atoms with Gasteiger partial charge < -0.3 is 13.9 Å². The molecular formula is C22H30O6S4. The van der Waals surface area contributed by atoms with Gasteiger partial charge in [-0.05, 0) is 38.5 Å². The highest BCUT2D eigenvalue weighted by molar-refractivity contribution is 8.77. The summed E-state index contributed by atoms with van der Waals surface area (Å²) in [5, 5.41) is 1.41. The van der Waals surface area contributed by atoms with Crippen molar-refractivity contribution in [3.63, 3.8) is 0 Å². The molecule has 2 aliphatic rings. The van der Waals surface area contributed by atoms with Crippen molar-refractivity contribution in [1.29, 1.82) is 0 Å². The van der Waals surface area contributed by atoms with Gasteiger partial charge >= 0.3 is 11.9 Å². The van der Waals surface area contributed by atoms with Crippen LogP contribution in [0.1, 0.15) is 70.0 Å². The zero-order valence-corrected chi connectivity index (χ0v) is 21.4. The maximum absolute atomic E-state index is 12.2. The van der Waals surface area contributed by atoms with E-state index in [2.05, 4.69) is 0 Å². The lowest BCUT2D eigenvalue weighted by atomic mass is 10.1. The lowest BCUT2D eigenvalue weighted by Crippen LogP contribution is -2.15. The Morgan fingerprint density at radius 1 is 0.938 bits per heavy atom. The molecule has 10 heteroatoms. The van der Waals surface area contributed by atoms with Gasteiger partial charge in [0.25, 0.3) is 0 Å².